The number of piperidine rings is 1. The van der Waals surface area contributed by atoms with Crippen LogP contribution in [0.5, 0.6) is 0 Å². The Labute approximate surface area is 130 Å². The van der Waals surface area contributed by atoms with Crippen LogP contribution in [0.2, 0.25) is 0 Å². The molecule has 3 unspecified atom stereocenters. The van der Waals surface area contributed by atoms with Crippen LogP contribution in [-0.2, 0) is 9.47 Å². The Hall–Kier alpha value is -0.160. The largest absolute Gasteiger partial charge is 0.382 e. The molecule has 1 heterocycles. The fraction of sp³-hybridized carbons (Fsp3) is 1.00. The minimum atomic E-state index is 0.700. The van der Waals surface area contributed by atoms with Crippen molar-refractivity contribution in [2.45, 2.75) is 63.5 Å². The molecule has 0 radical (unpaired) electrons. The molecule has 2 aliphatic rings. The maximum atomic E-state index is 5.53. The van der Waals surface area contributed by atoms with E-state index in [1.807, 2.05) is 0 Å². The fourth-order valence-electron chi connectivity index (χ4n) is 3.84. The van der Waals surface area contributed by atoms with Crippen LogP contribution in [0, 0.1) is 5.92 Å². The molecule has 2 fully saturated rings. The van der Waals surface area contributed by atoms with Crippen LogP contribution in [0.25, 0.3) is 0 Å². The van der Waals surface area contributed by atoms with Gasteiger partial charge in [0.15, 0.2) is 0 Å². The third-order valence-electron chi connectivity index (χ3n) is 4.99. The SMILES string of the molecule is COCCOCCCNC1CCCCC1C1CCCCN1. The Bertz CT molecular complexity index is 257. The number of methoxy groups -OCH3 is 1. The average molecular weight is 298 g/mol. The van der Waals surface area contributed by atoms with Crippen LogP contribution in [0.15, 0.2) is 0 Å². The standard InChI is InChI=1S/C17H34N2O2/c1-20-13-14-21-12-6-11-19-16-8-3-2-7-15(16)17-9-4-5-10-18-17/h15-19H,2-14H2,1H3. The van der Waals surface area contributed by atoms with Gasteiger partial charge in [-0.3, -0.25) is 0 Å². The van der Waals surface area contributed by atoms with E-state index >= 15 is 0 Å². The van der Waals surface area contributed by atoms with E-state index in [1.165, 1.54) is 51.5 Å². The van der Waals surface area contributed by atoms with Gasteiger partial charge in [0.25, 0.3) is 0 Å². The lowest BCUT2D eigenvalue weighted by molar-refractivity contribution is 0.0684. The van der Waals surface area contributed by atoms with Crippen LogP contribution in [0.3, 0.4) is 0 Å². The van der Waals surface area contributed by atoms with E-state index in [4.69, 9.17) is 9.47 Å². The molecule has 1 aliphatic carbocycles. The zero-order valence-corrected chi connectivity index (χ0v) is 13.7. The van der Waals surface area contributed by atoms with Crippen LogP contribution < -0.4 is 10.6 Å². The van der Waals surface area contributed by atoms with E-state index in [-0.39, 0.29) is 0 Å². The number of rotatable bonds is 9. The zero-order chi connectivity index (χ0) is 14.8. The lowest BCUT2D eigenvalue weighted by Crippen LogP contribution is -2.50. The smallest absolute Gasteiger partial charge is 0.0700 e. The molecule has 3 atom stereocenters. The van der Waals surface area contributed by atoms with Gasteiger partial charge in [-0.05, 0) is 51.1 Å². The minimum Gasteiger partial charge on any atom is -0.382 e. The Morgan fingerprint density at radius 2 is 1.86 bits per heavy atom. The number of hydrogen-bond acceptors (Lipinski definition) is 4. The van der Waals surface area contributed by atoms with Crippen LogP contribution in [0.4, 0.5) is 0 Å². The van der Waals surface area contributed by atoms with Gasteiger partial charge in [-0.25, -0.2) is 0 Å². The van der Waals surface area contributed by atoms with Crippen LogP contribution in [0.1, 0.15) is 51.4 Å². The van der Waals surface area contributed by atoms with Gasteiger partial charge in [-0.2, -0.15) is 0 Å². The van der Waals surface area contributed by atoms with E-state index in [2.05, 4.69) is 10.6 Å². The van der Waals surface area contributed by atoms with Gasteiger partial charge >= 0.3 is 0 Å². The maximum Gasteiger partial charge on any atom is 0.0700 e. The first-order valence-electron chi connectivity index (χ1n) is 8.95. The summed E-state index contributed by atoms with van der Waals surface area (Å²) >= 11 is 0. The van der Waals surface area contributed by atoms with Crippen molar-refractivity contribution in [3.63, 3.8) is 0 Å². The summed E-state index contributed by atoms with van der Waals surface area (Å²) in [6, 6.07) is 1.47. The van der Waals surface area contributed by atoms with Crippen molar-refractivity contribution >= 4 is 0 Å². The normalized spacial score (nSPS) is 30.4. The molecule has 2 N–H and O–H groups in total. The molecule has 1 saturated heterocycles. The number of nitrogens with one attached hydrogen (secondary N) is 2. The fourth-order valence-corrected chi connectivity index (χ4v) is 3.84. The third kappa shape index (κ3) is 6.23. The summed E-state index contributed by atoms with van der Waals surface area (Å²) in [6.45, 7) is 4.57. The Morgan fingerprint density at radius 1 is 1.00 bits per heavy atom. The molecular formula is C17H34N2O2. The third-order valence-corrected chi connectivity index (χ3v) is 4.99. The number of ether oxygens (including phenoxy) is 2. The summed E-state index contributed by atoms with van der Waals surface area (Å²) in [5.41, 5.74) is 0. The molecule has 0 aromatic carbocycles. The first kappa shape index (κ1) is 17.2. The first-order chi connectivity index (χ1) is 10.4. The van der Waals surface area contributed by atoms with Crippen molar-refractivity contribution in [1.29, 1.82) is 0 Å². The lowest BCUT2D eigenvalue weighted by atomic mass is 9.77. The summed E-state index contributed by atoms with van der Waals surface area (Å²) < 4.78 is 10.5. The van der Waals surface area contributed by atoms with Crippen molar-refractivity contribution in [3.05, 3.63) is 0 Å². The first-order valence-corrected chi connectivity index (χ1v) is 8.95. The molecule has 1 saturated carbocycles. The average Bonchev–Trinajstić information content (AvgIpc) is 2.55. The van der Waals surface area contributed by atoms with E-state index in [1.54, 1.807) is 7.11 Å². The maximum absolute atomic E-state index is 5.53. The summed E-state index contributed by atoms with van der Waals surface area (Å²) in [4.78, 5) is 0. The van der Waals surface area contributed by atoms with E-state index in [9.17, 15) is 0 Å². The van der Waals surface area contributed by atoms with Crippen molar-refractivity contribution in [2.24, 2.45) is 5.92 Å². The van der Waals surface area contributed by atoms with Gasteiger partial charge in [0.2, 0.25) is 0 Å². The Morgan fingerprint density at radius 3 is 2.67 bits per heavy atom. The van der Waals surface area contributed by atoms with Crippen molar-refractivity contribution < 1.29 is 9.47 Å². The second-order valence-corrected chi connectivity index (χ2v) is 6.52. The second-order valence-electron chi connectivity index (χ2n) is 6.52. The molecule has 0 amide bonds. The number of hydrogen-bond donors (Lipinski definition) is 2. The van der Waals surface area contributed by atoms with Crippen LogP contribution in [-0.4, -0.2) is 52.1 Å². The predicted octanol–water partition coefficient (Wildman–Crippen LogP) is 2.33. The van der Waals surface area contributed by atoms with Gasteiger partial charge in [0.1, 0.15) is 0 Å². The highest BCUT2D eigenvalue weighted by Gasteiger charge is 2.31. The monoisotopic (exact) mass is 298 g/mol. The zero-order valence-electron chi connectivity index (χ0n) is 13.7. The topological polar surface area (TPSA) is 42.5 Å². The molecule has 21 heavy (non-hydrogen) atoms. The van der Waals surface area contributed by atoms with Crippen LogP contribution >= 0.6 is 0 Å². The lowest BCUT2D eigenvalue weighted by Gasteiger charge is -2.40. The Balaban J connectivity index is 1.62. The van der Waals surface area contributed by atoms with Crippen molar-refractivity contribution in [2.75, 3.05) is 40.0 Å². The molecule has 0 aromatic rings. The summed E-state index contributed by atoms with van der Waals surface area (Å²) in [7, 11) is 1.72. The molecule has 4 nitrogen and oxygen atoms in total. The summed E-state index contributed by atoms with van der Waals surface area (Å²) in [5, 5.41) is 7.57. The molecule has 0 aromatic heterocycles. The quantitative estimate of drug-likeness (QED) is 0.641. The highest BCUT2D eigenvalue weighted by molar-refractivity contribution is 4.90. The second kappa shape index (κ2) is 10.5. The van der Waals surface area contributed by atoms with Crippen molar-refractivity contribution in [1.82, 2.24) is 10.6 Å². The molecule has 1 aliphatic heterocycles. The van der Waals surface area contributed by atoms with E-state index in [0.717, 1.165) is 31.5 Å². The van der Waals surface area contributed by atoms with Gasteiger partial charge in [-0.1, -0.05) is 19.3 Å². The molecule has 0 bridgehead atoms. The van der Waals surface area contributed by atoms with Gasteiger partial charge in [-0.15, -0.1) is 0 Å². The molecule has 0 spiro atoms. The summed E-state index contributed by atoms with van der Waals surface area (Å²) in [5.74, 6) is 0.841. The van der Waals surface area contributed by atoms with E-state index < -0.39 is 0 Å². The van der Waals surface area contributed by atoms with Gasteiger partial charge < -0.3 is 20.1 Å². The minimum absolute atomic E-state index is 0.700. The molecule has 2 rings (SSSR count). The van der Waals surface area contributed by atoms with Crippen molar-refractivity contribution in [3.8, 4) is 0 Å². The highest BCUT2D eigenvalue weighted by atomic mass is 16.5. The van der Waals surface area contributed by atoms with Gasteiger partial charge in [0.05, 0.1) is 13.2 Å². The Kier molecular flexibility index (Phi) is 8.64. The highest BCUT2D eigenvalue weighted by Crippen LogP contribution is 2.30. The molecular weight excluding hydrogens is 264 g/mol. The molecule has 124 valence electrons. The van der Waals surface area contributed by atoms with Gasteiger partial charge in [0, 0.05) is 25.8 Å². The molecule has 4 heteroatoms. The van der Waals surface area contributed by atoms with E-state index in [0.29, 0.717) is 19.3 Å². The predicted molar refractivity (Wildman–Crippen MR) is 86.7 cm³/mol. The summed E-state index contributed by atoms with van der Waals surface area (Å²) in [6.07, 6.45) is 10.8.